The fourth-order valence-electron chi connectivity index (χ4n) is 2.31. The molecule has 11 heteroatoms. The molecule has 0 spiro atoms. The summed E-state index contributed by atoms with van der Waals surface area (Å²) in [7, 11) is -2.59. The number of hydrazine groups is 1. The van der Waals surface area contributed by atoms with E-state index >= 15 is 0 Å². The van der Waals surface area contributed by atoms with E-state index in [0.29, 0.717) is 6.42 Å². The highest BCUT2D eigenvalue weighted by Crippen LogP contribution is 2.14. The van der Waals surface area contributed by atoms with Gasteiger partial charge in [-0.2, -0.15) is 4.31 Å². The number of likely N-dealkylation sites (N-methyl/N-ethyl adjacent to an activating group) is 1. The van der Waals surface area contributed by atoms with Crippen molar-refractivity contribution in [1.29, 1.82) is 0 Å². The first-order chi connectivity index (χ1) is 12.9. The summed E-state index contributed by atoms with van der Waals surface area (Å²) >= 11 is 0. The molecule has 1 atom stereocenters. The number of nitrogens with zero attached hydrogens (tertiary/aromatic N) is 1. The number of hydrogen-bond acceptors (Lipinski definition) is 5. The van der Waals surface area contributed by atoms with E-state index in [1.165, 1.54) is 19.2 Å². The topological polar surface area (TPSA) is 151 Å². The average Bonchev–Trinajstić information content (AvgIpc) is 2.58. The van der Waals surface area contributed by atoms with E-state index < -0.39 is 40.5 Å². The molecule has 0 saturated carbocycles. The van der Waals surface area contributed by atoms with Crippen molar-refractivity contribution in [3.63, 3.8) is 0 Å². The monoisotopic (exact) mass is 413 g/mol. The molecule has 156 valence electrons. The fourth-order valence-corrected chi connectivity index (χ4v) is 3.44. The number of sulfonamides is 1. The first-order valence-electron chi connectivity index (χ1n) is 8.61. The highest BCUT2D eigenvalue weighted by molar-refractivity contribution is 7.89. The molecule has 1 rings (SSSR count). The zero-order chi connectivity index (χ0) is 21.5. The summed E-state index contributed by atoms with van der Waals surface area (Å²) in [4.78, 5) is 35.2. The smallest absolute Gasteiger partial charge is 0.312 e. The van der Waals surface area contributed by atoms with Crippen molar-refractivity contribution in [1.82, 2.24) is 20.5 Å². The molecular weight excluding hydrogens is 386 g/mol. The number of nitrogens with one attached hydrogen (secondary N) is 3. The van der Waals surface area contributed by atoms with E-state index in [9.17, 15) is 22.8 Å². The van der Waals surface area contributed by atoms with Gasteiger partial charge in [-0.3, -0.25) is 20.4 Å². The molecule has 0 radical (unpaired) electrons. The molecule has 0 heterocycles. The molecule has 0 aliphatic carbocycles. The highest BCUT2D eigenvalue weighted by atomic mass is 32.2. The van der Waals surface area contributed by atoms with E-state index in [-0.39, 0.29) is 10.8 Å². The highest BCUT2D eigenvalue weighted by Gasteiger charge is 2.24. The zero-order valence-electron chi connectivity index (χ0n) is 16.4. The molecule has 0 saturated heterocycles. The average molecular weight is 414 g/mol. The molecule has 1 aromatic carbocycles. The van der Waals surface area contributed by atoms with Gasteiger partial charge in [-0.1, -0.05) is 31.5 Å². The van der Waals surface area contributed by atoms with Crippen LogP contribution in [-0.2, 0) is 19.6 Å². The Balaban J connectivity index is 2.66. The number of hydrogen-bond donors (Lipinski definition) is 4. The summed E-state index contributed by atoms with van der Waals surface area (Å²) in [5, 5.41) is 2.29. The number of rotatable bonds is 8. The van der Waals surface area contributed by atoms with Crippen molar-refractivity contribution in [2.75, 3.05) is 13.6 Å². The molecular formula is C17H27N5O5S. The lowest BCUT2D eigenvalue weighted by Gasteiger charge is -2.20. The maximum atomic E-state index is 12.5. The number of urea groups is 1. The van der Waals surface area contributed by atoms with Crippen molar-refractivity contribution in [3.8, 4) is 0 Å². The fraction of sp³-hybridized carbons (Fsp3) is 0.471. The van der Waals surface area contributed by atoms with Gasteiger partial charge < -0.3 is 11.1 Å². The molecule has 5 N–H and O–H groups in total. The van der Waals surface area contributed by atoms with Crippen molar-refractivity contribution in [2.24, 2.45) is 11.7 Å². The van der Waals surface area contributed by atoms with Crippen molar-refractivity contribution >= 4 is 27.9 Å². The van der Waals surface area contributed by atoms with Gasteiger partial charge >= 0.3 is 6.03 Å². The number of benzene rings is 1. The number of nitrogens with two attached hydrogens (primary N) is 1. The minimum absolute atomic E-state index is 0.0556. The van der Waals surface area contributed by atoms with Crippen LogP contribution in [0.5, 0.6) is 0 Å². The normalized spacial score (nSPS) is 12.5. The molecule has 1 aromatic rings. The predicted octanol–water partition coefficient (Wildman–Crippen LogP) is -0.154. The van der Waals surface area contributed by atoms with Gasteiger partial charge in [0.15, 0.2) is 0 Å². The summed E-state index contributed by atoms with van der Waals surface area (Å²) in [6, 6.07) is 4.42. The van der Waals surface area contributed by atoms with E-state index in [4.69, 9.17) is 5.73 Å². The molecule has 0 aromatic heterocycles. The summed E-state index contributed by atoms with van der Waals surface area (Å²) in [6.07, 6.45) is 0.312. The maximum Gasteiger partial charge on any atom is 0.312 e. The van der Waals surface area contributed by atoms with Gasteiger partial charge in [-0.25, -0.2) is 13.2 Å². The lowest BCUT2D eigenvalue weighted by molar-refractivity contribution is -0.130. The maximum absolute atomic E-state index is 12.5. The lowest BCUT2D eigenvalue weighted by Crippen LogP contribution is -2.55. The van der Waals surface area contributed by atoms with Crippen LogP contribution in [0.1, 0.15) is 25.8 Å². The van der Waals surface area contributed by atoms with E-state index in [1.807, 2.05) is 20.8 Å². The largest absolute Gasteiger partial charge is 0.352 e. The summed E-state index contributed by atoms with van der Waals surface area (Å²) < 4.78 is 25.8. The first-order valence-corrected chi connectivity index (χ1v) is 10.0. The number of aryl methyl sites for hydroxylation is 1. The second-order valence-electron chi connectivity index (χ2n) is 6.80. The summed E-state index contributed by atoms with van der Waals surface area (Å²) in [5.41, 5.74) is 10.3. The Morgan fingerprint density at radius 2 is 1.68 bits per heavy atom. The van der Waals surface area contributed by atoms with Gasteiger partial charge in [0.25, 0.3) is 11.8 Å². The summed E-state index contributed by atoms with van der Waals surface area (Å²) in [6.45, 7) is 5.03. The van der Waals surface area contributed by atoms with Crippen molar-refractivity contribution in [3.05, 3.63) is 29.8 Å². The van der Waals surface area contributed by atoms with E-state index in [2.05, 4.69) is 16.2 Å². The van der Waals surface area contributed by atoms with Gasteiger partial charge in [-0.05, 0) is 31.4 Å². The Labute approximate surface area is 164 Å². The second kappa shape index (κ2) is 10.0. The van der Waals surface area contributed by atoms with Gasteiger partial charge in [0.2, 0.25) is 10.0 Å². The Morgan fingerprint density at radius 1 is 1.11 bits per heavy atom. The first kappa shape index (κ1) is 23.4. The van der Waals surface area contributed by atoms with E-state index in [0.717, 1.165) is 9.87 Å². The Bertz CT molecular complexity index is 808. The van der Waals surface area contributed by atoms with Crippen molar-refractivity contribution in [2.45, 2.75) is 38.1 Å². The van der Waals surface area contributed by atoms with Gasteiger partial charge in [0.1, 0.15) is 6.04 Å². The van der Waals surface area contributed by atoms with Crippen LogP contribution in [-0.4, -0.2) is 50.2 Å². The van der Waals surface area contributed by atoms with Crippen LogP contribution in [0, 0.1) is 12.8 Å². The number of amides is 4. The lowest BCUT2D eigenvalue weighted by atomic mass is 10.0. The zero-order valence-corrected chi connectivity index (χ0v) is 17.2. The van der Waals surface area contributed by atoms with E-state index in [1.54, 1.807) is 12.1 Å². The van der Waals surface area contributed by atoms with Crippen molar-refractivity contribution < 1.29 is 22.8 Å². The Morgan fingerprint density at radius 3 is 2.18 bits per heavy atom. The van der Waals surface area contributed by atoms with Crippen LogP contribution in [0.3, 0.4) is 0 Å². The predicted molar refractivity (Wildman–Crippen MR) is 103 cm³/mol. The third kappa shape index (κ3) is 7.16. The van der Waals surface area contributed by atoms with Crippen LogP contribution < -0.4 is 21.9 Å². The van der Waals surface area contributed by atoms with Crippen LogP contribution in [0.15, 0.2) is 29.2 Å². The molecule has 4 amide bonds. The van der Waals surface area contributed by atoms with Crippen LogP contribution in [0.25, 0.3) is 0 Å². The quantitative estimate of drug-likeness (QED) is 0.437. The van der Waals surface area contributed by atoms with Gasteiger partial charge in [0.05, 0.1) is 11.4 Å². The molecule has 28 heavy (non-hydrogen) atoms. The molecule has 10 nitrogen and oxygen atoms in total. The molecule has 0 fully saturated rings. The molecule has 1 unspecified atom stereocenters. The second-order valence-corrected chi connectivity index (χ2v) is 8.85. The number of primary amides is 1. The third-order valence-corrected chi connectivity index (χ3v) is 5.58. The standard InChI is InChI=1S/C17H27N5O5S/c1-11(2)9-14(19-17(18)25)16(24)21-20-15(23)10-22(4)28(26,27)13-7-5-12(3)6-8-13/h5-8,11,14H,9-10H2,1-4H3,(H,20,23)(H,21,24)(H3,18,19,25). The van der Waals surface area contributed by atoms with Gasteiger partial charge in [-0.15, -0.1) is 0 Å². The molecule has 0 bridgehead atoms. The minimum Gasteiger partial charge on any atom is -0.352 e. The Hall–Kier alpha value is -2.66. The van der Waals surface area contributed by atoms with Gasteiger partial charge in [0, 0.05) is 7.05 Å². The minimum atomic E-state index is -3.85. The molecule has 0 aliphatic heterocycles. The van der Waals surface area contributed by atoms with Crippen LogP contribution in [0.4, 0.5) is 4.79 Å². The third-order valence-electron chi connectivity index (χ3n) is 3.76. The number of carbonyl (C=O) groups excluding carboxylic acids is 3. The Kier molecular flexibility index (Phi) is 8.38. The van der Waals surface area contributed by atoms with Crippen LogP contribution in [0.2, 0.25) is 0 Å². The summed E-state index contributed by atoms with van der Waals surface area (Å²) in [5.74, 6) is -1.32. The van der Waals surface area contributed by atoms with Crippen LogP contribution >= 0.6 is 0 Å². The SMILES string of the molecule is Cc1ccc(S(=O)(=O)N(C)CC(=O)NNC(=O)C(CC(C)C)NC(N)=O)cc1. The molecule has 0 aliphatic rings. The number of carbonyl (C=O) groups is 3.